The minimum atomic E-state index is -1.48. The zero-order valence-corrected chi connectivity index (χ0v) is 12.4. The van der Waals surface area contributed by atoms with E-state index < -0.39 is 15.2 Å². The lowest BCUT2D eigenvalue weighted by Crippen LogP contribution is -2.37. The maximum Gasteiger partial charge on any atom is 0.261 e. The molecule has 0 spiro atoms. The van der Waals surface area contributed by atoms with Gasteiger partial charge in [0.15, 0.2) is 0 Å². The first-order chi connectivity index (χ1) is 8.28. The van der Waals surface area contributed by atoms with Crippen molar-refractivity contribution in [3.63, 3.8) is 0 Å². The third-order valence-electron chi connectivity index (χ3n) is 3.40. The van der Waals surface area contributed by atoms with Crippen molar-refractivity contribution in [2.24, 2.45) is 5.41 Å². The molecule has 0 radical (unpaired) electrons. The summed E-state index contributed by atoms with van der Waals surface area (Å²) in [6, 6.07) is 9.63. The summed E-state index contributed by atoms with van der Waals surface area (Å²) in [5.41, 5.74) is -0.234. The molecule has 2 rings (SSSR count). The lowest BCUT2D eigenvalue weighted by Gasteiger charge is -2.29. The predicted octanol–water partition coefficient (Wildman–Crippen LogP) is 3.79. The number of hydrogen-bond acceptors (Lipinski definition) is 1. The summed E-state index contributed by atoms with van der Waals surface area (Å²) >= 11 is 18.6. The van der Waals surface area contributed by atoms with E-state index >= 15 is 0 Å². The molecule has 1 atom stereocenters. The second-order valence-corrected chi connectivity index (χ2v) is 6.79. The Morgan fingerprint density at radius 3 is 2.22 bits per heavy atom. The van der Waals surface area contributed by atoms with Gasteiger partial charge in [0.1, 0.15) is 5.50 Å². The number of rotatable bonds is 2. The van der Waals surface area contributed by atoms with Crippen LogP contribution in [-0.2, 0) is 11.3 Å². The molecule has 1 aromatic carbocycles. The summed E-state index contributed by atoms with van der Waals surface area (Å²) in [5.74, 6) is -0.334. The molecule has 1 heterocycles. The fourth-order valence-electron chi connectivity index (χ4n) is 2.03. The Bertz CT molecular complexity index is 459. The maximum atomic E-state index is 12.2. The molecule has 1 aliphatic rings. The average Bonchev–Trinajstić information content (AvgIpc) is 2.44. The number of alkyl halides is 3. The minimum absolute atomic E-state index is 0.334. The van der Waals surface area contributed by atoms with Crippen LogP contribution in [0.15, 0.2) is 30.3 Å². The van der Waals surface area contributed by atoms with Gasteiger partial charge in [-0.15, -0.1) is 0 Å². The van der Waals surface area contributed by atoms with E-state index in [2.05, 4.69) is 0 Å². The molecular weight excluding hydrogens is 293 g/mol. The van der Waals surface area contributed by atoms with Crippen molar-refractivity contribution in [2.45, 2.75) is 30.2 Å². The third-order valence-corrected chi connectivity index (χ3v) is 5.48. The summed E-state index contributed by atoms with van der Waals surface area (Å²) in [6.07, 6.45) is 0. The van der Waals surface area contributed by atoms with E-state index in [1.54, 1.807) is 13.8 Å². The summed E-state index contributed by atoms with van der Waals surface area (Å²) in [5, 5.41) is 0. The van der Waals surface area contributed by atoms with Crippen LogP contribution in [0.25, 0.3) is 0 Å². The van der Waals surface area contributed by atoms with Gasteiger partial charge in [0, 0.05) is 12.0 Å². The Kier molecular flexibility index (Phi) is 3.56. The molecule has 0 aromatic heterocycles. The highest BCUT2D eigenvalue weighted by Crippen LogP contribution is 2.53. The van der Waals surface area contributed by atoms with E-state index in [1.165, 1.54) is 4.90 Å². The molecule has 1 unspecified atom stereocenters. The highest BCUT2D eigenvalue weighted by atomic mass is 35.5. The van der Waals surface area contributed by atoms with Gasteiger partial charge in [-0.25, -0.2) is 0 Å². The number of carbonyl (C=O) groups is 1. The van der Waals surface area contributed by atoms with Crippen LogP contribution in [0.4, 0.5) is 0 Å². The van der Waals surface area contributed by atoms with Gasteiger partial charge in [0.25, 0.3) is 5.91 Å². The highest BCUT2D eigenvalue weighted by Gasteiger charge is 2.62. The number of hydrogen-bond donors (Lipinski definition) is 0. The van der Waals surface area contributed by atoms with Gasteiger partial charge in [-0.3, -0.25) is 4.79 Å². The Morgan fingerprint density at radius 2 is 1.78 bits per heavy atom. The Hall–Kier alpha value is -0.440. The van der Waals surface area contributed by atoms with Gasteiger partial charge in [-0.1, -0.05) is 79.0 Å². The molecule has 1 amide bonds. The molecule has 5 heteroatoms. The van der Waals surface area contributed by atoms with Crippen molar-refractivity contribution < 1.29 is 4.79 Å². The molecular formula is C13H14Cl3NO. The van der Waals surface area contributed by atoms with Crippen molar-refractivity contribution in [3.05, 3.63) is 35.9 Å². The van der Waals surface area contributed by atoms with E-state index in [-0.39, 0.29) is 5.91 Å². The van der Waals surface area contributed by atoms with Crippen molar-refractivity contribution >= 4 is 40.7 Å². The van der Waals surface area contributed by atoms with Gasteiger partial charge in [0.2, 0.25) is 4.33 Å². The molecule has 0 bridgehead atoms. The quantitative estimate of drug-likeness (QED) is 0.601. The largest absolute Gasteiger partial charge is 0.319 e. The number of nitrogens with zero attached hydrogens (tertiary/aromatic N) is 1. The van der Waals surface area contributed by atoms with Crippen LogP contribution < -0.4 is 0 Å². The number of amides is 1. The number of likely N-dealkylation sites (tertiary alicyclic amines) is 1. The highest BCUT2D eigenvalue weighted by molar-refractivity contribution is 6.60. The van der Waals surface area contributed by atoms with E-state index in [0.717, 1.165) is 5.56 Å². The molecule has 18 heavy (non-hydrogen) atoms. The van der Waals surface area contributed by atoms with Gasteiger partial charge >= 0.3 is 0 Å². The zero-order chi connectivity index (χ0) is 13.6. The van der Waals surface area contributed by atoms with Gasteiger partial charge in [0.05, 0.1) is 0 Å². The molecule has 0 saturated carbocycles. The molecule has 2 nitrogen and oxygen atoms in total. The SMILES string of the molecule is CC1(C)C(Cl)N(Cc2ccccc2)C(=O)C1(Cl)Cl. The monoisotopic (exact) mass is 305 g/mol. The Morgan fingerprint density at radius 1 is 1.22 bits per heavy atom. The van der Waals surface area contributed by atoms with Crippen molar-refractivity contribution in [2.75, 3.05) is 0 Å². The normalized spacial score (nSPS) is 25.5. The van der Waals surface area contributed by atoms with Crippen LogP contribution in [0.3, 0.4) is 0 Å². The van der Waals surface area contributed by atoms with E-state index in [0.29, 0.717) is 6.54 Å². The van der Waals surface area contributed by atoms with E-state index in [4.69, 9.17) is 34.8 Å². The second kappa shape index (κ2) is 4.59. The molecule has 98 valence electrons. The maximum absolute atomic E-state index is 12.2. The topological polar surface area (TPSA) is 20.3 Å². The molecule has 0 aliphatic carbocycles. The first-order valence-corrected chi connectivity index (χ1v) is 6.84. The Labute approximate surface area is 122 Å². The fourth-order valence-corrected chi connectivity index (χ4v) is 2.89. The van der Waals surface area contributed by atoms with Gasteiger partial charge in [-0.2, -0.15) is 0 Å². The lowest BCUT2D eigenvalue weighted by molar-refractivity contribution is -0.129. The first kappa shape index (κ1) is 14.0. The minimum Gasteiger partial charge on any atom is -0.319 e. The summed E-state index contributed by atoms with van der Waals surface area (Å²) in [7, 11) is 0. The third kappa shape index (κ3) is 2.01. The fraction of sp³-hybridized carbons (Fsp3) is 0.462. The predicted molar refractivity (Wildman–Crippen MR) is 74.9 cm³/mol. The number of carbonyl (C=O) groups excluding carboxylic acids is 1. The van der Waals surface area contributed by atoms with Crippen molar-refractivity contribution in [1.29, 1.82) is 0 Å². The standard InChI is InChI=1S/C13H14Cl3NO/c1-12(2)10(14)17(11(18)13(12,15)16)8-9-6-4-3-5-7-9/h3-7,10H,8H2,1-2H3. The van der Waals surface area contributed by atoms with Gasteiger partial charge < -0.3 is 4.90 Å². The molecule has 1 saturated heterocycles. The van der Waals surface area contributed by atoms with E-state index in [9.17, 15) is 4.79 Å². The molecule has 0 N–H and O–H groups in total. The van der Waals surface area contributed by atoms with Crippen molar-refractivity contribution in [1.82, 2.24) is 4.90 Å². The molecule has 1 fully saturated rings. The zero-order valence-electron chi connectivity index (χ0n) is 10.2. The van der Waals surface area contributed by atoms with Crippen LogP contribution in [0.2, 0.25) is 0 Å². The van der Waals surface area contributed by atoms with Crippen LogP contribution in [0, 0.1) is 5.41 Å². The Balaban J connectivity index is 2.28. The molecule has 1 aliphatic heterocycles. The van der Waals surface area contributed by atoms with Crippen LogP contribution in [-0.4, -0.2) is 20.6 Å². The molecule has 1 aromatic rings. The average molecular weight is 307 g/mol. The number of halogens is 3. The van der Waals surface area contributed by atoms with Crippen molar-refractivity contribution in [3.8, 4) is 0 Å². The summed E-state index contributed by atoms with van der Waals surface area (Å²) < 4.78 is -1.48. The second-order valence-electron chi connectivity index (χ2n) is 5.05. The summed E-state index contributed by atoms with van der Waals surface area (Å²) in [4.78, 5) is 13.8. The smallest absolute Gasteiger partial charge is 0.261 e. The van der Waals surface area contributed by atoms with E-state index in [1.807, 2.05) is 30.3 Å². The van der Waals surface area contributed by atoms with Crippen LogP contribution in [0.1, 0.15) is 19.4 Å². The number of benzene rings is 1. The summed E-state index contributed by atoms with van der Waals surface area (Å²) in [6.45, 7) is 4.01. The first-order valence-electron chi connectivity index (χ1n) is 5.65. The van der Waals surface area contributed by atoms with Crippen LogP contribution in [0.5, 0.6) is 0 Å². The van der Waals surface area contributed by atoms with Crippen LogP contribution >= 0.6 is 34.8 Å². The lowest BCUT2D eigenvalue weighted by atomic mass is 9.91. The van der Waals surface area contributed by atoms with Gasteiger partial charge in [-0.05, 0) is 5.56 Å².